The van der Waals surface area contributed by atoms with Crippen molar-refractivity contribution in [3.8, 4) is 6.07 Å². The minimum Gasteiger partial charge on any atom is -0.339 e. The second-order valence-corrected chi connectivity index (χ2v) is 9.91. The molecule has 2 aromatic heterocycles. The van der Waals surface area contributed by atoms with Crippen LogP contribution in [0.5, 0.6) is 0 Å². The third kappa shape index (κ3) is 5.85. The van der Waals surface area contributed by atoms with Gasteiger partial charge in [0.2, 0.25) is 5.95 Å². The van der Waals surface area contributed by atoms with Gasteiger partial charge in [0.1, 0.15) is 11.6 Å². The number of amides is 2. The number of halogens is 2. The second kappa shape index (κ2) is 10.1. The van der Waals surface area contributed by atoms with E-state index in [9.17, 15) is 23.6 Å². The summed E-state index contributed by atoms with van der Waals surface area (Å²) in [6.07, 6.45) is -1.01. The maximum Gasteiger partial charge on any atom is 0.272 e. The molecule has 0 spiro atoms. The number of benzene rings is 1. The zero-order chi connectivity index (χ0) is 25.0. The SMILES string of the molecule is CN(CCn1c(NC(=O)c2ccc(C(F)F)s2)nc2ccccc21)C(=O)C(C#N)=CC(C)(C)C. The average molecular weight is 486 g/mol. The average Bonchev–Trinajstić information content (AvgIpc) is 3.40. The Labute approximate surface area is 200 Å². The van der Waals surface area contributed by atoms with Gasteiger partial charge in [-0.25, -0.2) is 13.8 Å². The van der Waals surface area contributed by atoms with Crippen LogP contribution in [0.2, 0.25) is 0 Å². The van der Waals surface area contributed by atoms with Crippen molar-refractivity contribution >= 4 is 40.1 Å². The molecule has 2 heterocycles. The lowest BCUT2D eigenvalue weighted by molar-refractivity contribution is -0.125. The van der Waals surface area contributed by atoms with Gasteiger partial charge in [-0.05, 0) is 29.7 Å². The van der Waals surface area contributed by atoms with E-state index in [-0.39, 0.29) is 33.2 Å². The van der Waals surface area contributed by atoms with E-state index in [0.29, 0.717) is 12.1 Å². The molecule has 0 aliphatic heterocycles. The number of carbonyl (C=O) groups excluding carboxylic acids is 2. The summed E-state index contributed by atoms with van der Waals surface area (Å²) >= 11 is 0.724. The monoisotopic (exact) mass is 485 g/mol. The van der Waals surface area contributed by atoms with Crippen LogP contribution in [0, 0.1) is 16.7 Å². The summed E-state index contributed by atoms with van der Waals surface area (Å²) < 4.78 is 27.5. The van der Waals surface area contributed by atoms with E-state index in [1.165, 1.54) is 17.0 Å². The van der Waals surface area contributed by atoms with Crippen LogP contribution in [0.15, 0.2) is 48.0 Å². The molecule has 0 aliphatic rings. The van der Waals surface area contributed by atoms with Gasteiger partial charge in [-0.15, -0.1) is 11.3 Å². The van der Waals surface area contributed by atoms with Gasteiger partial charge in [-0.1, -0.05) is 39.0 Å². The number of para-hydroxylation sites is 2. The molecule has 10 heteroatoms. The van der Waals surface area contributed by atoms with Crippen molar-refractivity contribution < 1.29 is 18.4 Å². The number of fused-ring (bicyclic) bond motifs is 1. The van der Waals surface area contributed by atoms with E-state index in [1.54, 1.807) is 23.8 Å². The molecular formula is C24H25F2N5O2S. The Morgan fingerprint density at radius 3 is 2.59 bits per heavy atom. The zero-order valence-corrected chi connectivity index (χ0v) is 20.1. The fraction of sp³-hybridized carbons (Fsp3) is 0.333. The molecule has 0 saturated heterocycles. The van der Waals surface area contributed by atoms with Gasteiger partial charge in [-0.3, -0.25) is 14.9 Å². The Bertz CT molecular complexity index is 1280. The standard InChI is InChI=1S/C24H25F2N5O2S/c1-24(2,3)13-15(14-27)22(33)30(4)11-12-31-17-8-6-5-7-16(17)28-23(31)29-21(32)19-10-9-18(34-19)20(25)26/h5-10,13,20H,11-12H2,1-4H3,(H,28,29,32). The van der Waals surface area contributed by atoms with Crippen LogP contribution in [0.4, 0.5) is 14.7 Å². The first kappa shape index (κ1) is 25.1. The minimum absolute atomic E-state index is 0.0616. The summed E-state index contributed by atoms with van der Waals surface area (Å²) in [7, 11) is 1.60. The number of rotatable bonds is 7. The van der Waals surface area contributed by atoms with E-state index >= 15 is 0 Å². The van der Waals surface area contributed by atoms with E-state index in [0.717, 1.165) is 16.9 Å². The molecule has 0 fully saturated rings. The van der Waals surface area contributed by atoms with Crippen LogP contribution in [0.3, 0.4) is 0 Å². The summed E-state index contributed by atoms with van der Waals surface area (Å²) in [6, 6.07) is 11.8. The lowest BCUT2D eigenvalue weighted by atomic mass is 9.93. The van der Waals surface area contributed by atoms with Gasteiger partial charge in [0.05, 0.1) is 20.8 Å². The molecule has 0 aliphatic carbocycles. The molecule has 34 heavy (non-hydrogen) atoms. The lowest BCUT2D eigenvalue weighted by Gasteiger charge is -2.20. The van der Waals surface area contributed by atoms with Crippen LogP contribution in [0.25, 0.3) is 11.0 Å². The number of nitriles is 1. The van der Waals surface area contributed by atoms with E-state index in [2.05, 4.69) is 10.3 Å². The first-order chi connectivity index (χ1) is 16.0. The molecule has 0 unspecified atom stereocenters. The Balaban J connectivity index is 1.82. The fourth-order valence-electron chi connectivity index (χ4n) is 3.28. The predicted molar refractivity (Wildman–Crippen MR) is 128 cm³/mol. The van der Waals surface area contributed by atoms with Gasteiger partial charge in [0.15, 0.2) is 0 Å². The maximum absolute atomic E-state index is 12.9. The lowest BCUT2D eigenvalue weighted by Crippen LogP contribution is -2.31. The number of anilines is 1. The molecular weight excluding hydrogens is 460 g/mol. The van der Waals surface area contributed by atoms with Crippen molar-refractivity contribution in [2.75, 3.05) is 18.9 Å². The Hall–Kier alpha value is -3.58. The van der Waals surface area contributed by atoms with Crippen LogP contribution < -0.4 is 5.32 Å². The van der Waals surface area contributed by atoms with E-state index < -0.39 is 18.2 Å². The summed E-state index contributed by atoms with van der Waals surface area (Å²) in [4.78, 5) is 31.3. The van der Waals surface area contributed by atoms with Gasteiger partial charge in [0, 0.05) is 20.1 Å². The fourth-order valence-corrected chi connectivity index (χ4v) is 4.04. The maximum atomic E-state index is 12.9. The summed E-state index contributed by atoms with van der Waals surface area (Å²) in [5.41, 5.74) is 1.11. The normalized spacial score (nSPS) is 12.1. The largest absolute Gasteiger partial charge is 0.339 e. The van der Waals surface area contributed by atoms with Gasteiger partial charge < -0.3 is 9.47 Å². The van der Waals surface area contributed by atoms with Gasteiger partial charge in [0.25, 0.3) is 18.2 Å². The Kier molecular flexibility index (Phi) is 7.47. The molecule has 0 radical (unpaired) electrons. The van der Waals surface area contributed by atoms with Crippen molar-refractivity contribution in [2.45, 2.75) is 33.7 Å². The molecule has 3 rings (SSSR count). The molecule has 7 nitrogen and oxygen atoms in total. The van der Waals surface area contributed by atoms with Crippen molar-refractivity contribution in [1.29, 1.82) is 5.26 Å². The number of carbonyl (C=O) groups is 2. The molecule has 0 saturated carbocycles. The number of aromatic nitrogens is 2. The van der Waals surface area contributed by atoms with Crippen LogP contribution in [-0.2, 0) is 11.3 Å². The molecule has 0 atom stereocenters. The highest BCUT2D eigenvalue weighted by Crippen LogP contribution is 2.28. The van der Waals surface area contributed by atoms with E-state index in [1.807, 2.05) is 45.0 Å². The van der Waals surface area contributed by atoms with Crippen molar-refractivity contribution in [3.05, 3.63) is 57.8 Å². The molecule has 1 N–H and O–H groups in total. The third-order valence-corrected chi connectivity index (χ3v) is 5.97. The molecule has 0 bridgehead atoms. The quantitative estimate of drug-likeness (QED) is 0.366. The number of thiophene rings is 1. The first-order valence-corrected chi connectivity index (χ1v) is 11.3. The highest BCUT2D eigenvalue weighted by atomic mass is 32.1. The minimum atomic E-state index is -2.64. The Morgan fingerprint density at radius 1 is 1.26 bits per heavy atom. The molecule has 178 valence electrons. The topological polar surface area (TPSA) is 91.0 Å². The number of nitrogens with zero attached hydrogens (tertiary/aromatic N) is 4. The smallest absolute Gasteiger partial charge is 0.272 e. The predicted octanol–water partition coefficient (Wildman–Crippen LogP) is 5.24. The summed E-state index contributed by atoms with van der Waals surface area (Å²) in [5, 5.41) is 12.1. The summed E-state index contributed by atoms with van der Waals surface area (Å²) in [5.74, 6) is -0.701. The highest BCUT2D eigenvalue weighted by Gasteiger charge is 2.21. The Morgan fingerprint density at radius 2 is 1.97 bits per heavy atom. The first-order valence-electron chi connectivity index (χ1n) is 10.5. The van der Waals surface area contributed by atoms with Crippen LogP contribution in [-0.4, -0.2) is 39.9 Å². The van der Waals surface area contributed by atoms with E-state index in [4.69, 9.17) is 0 Å². The third-order valence-electron chi connectivity index (χ3n) is 4.88. The number of hydrogen-bond acceptors (Lipinski definition) is 5. The molecule has 1 aromatic carbocycles. The zero-order valence-electron chi connectivity index (χ0n) is 19.3. The summed E-state index contributed by atoms with van der Waals surface area (Å²) in [6.45, 7) is 6.26. The van der Waals surface area contributed by atoms with Crippen molar-refractivity contribution in [1.82, 2.24) is 14.5 Å². The van der Waals surface area contributed by atoms with Gasteiger partial charge in [-0.2, -0.15) is 5.26 Å². The number of imidazole rings is 1. The molecule has 3 aromatic rings. The van der Waals surface area contributed by atoms with Crippen molar-refractivity contribution in [2.24, 2.45) is 5.41 Å². The number of alkyl halides is 2. The van der Waals surface area contributed by atoms with Gasteiger partial charge >= 0.3 is 0 Å². The molecule has 2 amide bonds. The van der Waals surface area contributed by atoms with Crippen LogP contribution >= 0.6 is 11.3 Å². The highest BCUT2D eigenvalue weighted by molar-refractivity contribution is 7.14. The number of hydrogen-bond donors (Lipinski definition) is 1. The van der Waals surface area contributed by atoms with Crippen LogP contribution in [0.1, 0.15) is 41.7 Å². The van der Waals surface area contributed by atoms with Crippen molar-refractivity contribution in [3.63, 3.8) is 0 Å². The second-order valence-electron chi connectivity index (χ2n) is 8.80. The number of nitrogens with one attached hydrogen (secondary N) is 1. The number of likely N-dealkylation sites (N-methyl/N-ethyl adjacent to an activating group) is 1. The number of allylic oxidation sites excluding steroid dienone is 1.